The van der Waals surface area contributed by atoms with Gasteiger partial charge in [0.1, 0.15) is 11.4 Å². The first-order valence-electron chi connectivity index (χ1n) is 7.04. The van der Waals surface area contributed by atoms with E-state index in [1.54, 1.807) is 0 Å². The molecule has 0 aliphatic heterocycles. The van der Waals surface area contributed by atoms with Crippen LogP contribution in [0.4, 0.5) is 8.78 Å². The summed E-state index contributed by atoms with van der Waals surface area (Å²) in [6, 6.07) is 0. The fraction of sp³-hybridized carbons (Fsp3) is 0.857. The molecular formula is C14H20F2O3S. The largest absolute Gasteiger partial charge is 0.454 e. The Labute approximate surface area is 122 Å². The van der Waals surface area contributed by atoms with Gasteiger partial charge in [-0.3, -0.25) is 4.79 Å². The number of hydrogen-bond donors (Lipinski definition) is 1. The molecule has 2 aliphatic carbocycles. The molecule has 0 heterocycles. The van der Waals surface area contributed by atoms with Gasteiger partial charge in [0.2, 0.25) is 0 Å². The van der Waals surface area contributed by atoms with E-state index in [9.17, 15) is 18.4 Å². The van der Waals surface area contributed by atoms with Crippen LogP contribution < -0.4 is 0 Å². The van der Waals surface area contributed by atoms with Crippen LogP contribution in [0.1, 0.15) is 46.0 Å². The standard InChI is InChI=1S/C14H20F2O3S/c1-3-9-6-13(19-12(18)14(15,16)20)5-8(2)4-10(7-13)11(9)17/h8-10,20H,3-7H2,1-2H3. The number of carbonyl (C=O) groups is 2. The molecule has 2 rings (SSSR count). The minimum Gasteiger partial charge on any atom is -0.454 e. The summed E-state index contributed by atoms with van der Waals surface area (Å²) in [5.41, 5.74) is -0.917. The number of rotatable bonds is 3. The van der Waals surface area contributed by atoms with Gasteiger partial charge in [0.05, 0.1) is 0 Å². The molecule has 6 heteroatoms. The summed E-state index contributed by atoms with van der Waals surface area (Å²) < 4.78 is 31.1. The Morgan fingerprint density at radius 3 is 2.65 bits per heavy atom. The van der Waals surface area contributed by atoms with Crippen LogP contribution in [0.3, 0.4) is 0 Å². The molecule has 4 atom stereocenters. The number of ether oxygens (including phenoxy) is 1. The molecule has 0 amide bonds. The van der Waals surface area contributed by atoms with Gasteiger partial charge >= 0.3 is 11.2 Å². The zero-order valence-corrected chi connectivity index (χ0v) is 12.6. The Morgan fingerprint density at radius 2 is 2.10 bits per heavy atom. The van der Waals surface area contributed by atoms with Crippen molar-refractivity contribution in [3.05, 3.63) is 0 Å². The van der Waals surface area contributed by atoms with E-state index in [1.165, 1.54) is 0 Å². The average Bonchev–Trinajstić information content (AvgIpc) is 2.32. The van der Waals surface area contributed by atoms with Crippen LogP contribution in [0.15, 0.2) is 0 Å². The number of esters is 1. The van der Waals surface area contributed by atoms with Crippen LogP contribution in [-0.2, 0) is 14.3 Å². The highest BCUT2D eigenvalue weighted by atomic mass is 32.1. The molecule has 0 aromatic carbocycles. The van der Waals surface area contributed by atoms with Gasteiger partial charge in [0.25, 0.3) is 0 Å². The van der Waals surface area contributed by atoms with Crippen LogP contribution >= 0.6 is 12.6 Å². The highest BCUT2D eigenvalue weighted by Crippen LogP contribution is 2.49. The van der Waals surface area contributed by atoms with E-state index in [0.717, 1.165) is 6.42 Å². The van der Waals surface area contributed by atoms with Gasteiger partial charge in [-0.05, 0) is 38.0 Å². The van der Waals surface area contributed by atoms with Gasteiger partial charge in [-0.1, -0.05) is 26.5 Å². The summed E-state index contributed by atoms with van der Waals surface area (Å²) in [5, 5.41) is -3.78. The summed E-state index contributed by atoms with van der Waals surface area (Å²) in [4.78, 5) is 23.7. The second-order valence-corrected chi connectivity index (χ2v) is 6.83. The van der Waals surface area contributed by atoms with Crippen LogP contribution in [0.2, 0.25) is 0 Å². The lowest BCUT2D eigenvalue weighted by molar-refractivity contribution is -0.192. The summed E-state index contributed by atoms with van der Waals surface area (Å²) in [5.74, 6) is -1.57. The first kappa shape index (κ1) is 15.7. The number of alkyl halides is 2. The number of carbonyl (C=O) groups excluding carboxylic acids is 2. The molecule has 0 saturated heterocycles. The first-order chi connectivity index (χ1) is 9.17. The summed E-state index contributed by atoms with van der Waals surface area (Å²) in [6.07, 6.45) is 2.69. The normalized spacial score (nSPS) is 37.6. The predicted molar refractivity (Wildman–Crippen MR) is 72.7 cm³/mol. The molecule has 3 nitrogen and oxygen atoms in total. The maximum absolute atomic E-state index is 13.0. The molecule has 0 N–H and O–H groups in total. The monoisotopic (exact) mass is 306 g/mol. The molecule has 114 valence electrons. The van der Waals surface area contributed by atoms with Gasteiger partial charge in [0.15, 0.2) is 0 Å². The van der Waals surface area contributed by atoms with Crippen molar-refractivity contribution in [3.63, 3.8) is 0 Å². The molecule has 2 bridgehead atoms. The number of hydrogen-bond acceptors (Lipinski definition) is 4. The molecule has 0 radical (unpaired) electrons. The first-order valence-corrected chi connectivity index (χ1v) is 7.49. The lowest BCUT2D eigenvalue weighted by Crippen LogP contribution is -2.53. The number of thiol groups is 1. The average molecular weight is 306 g/mol. The Morgan fingerprint density at radius 1 is 1.45 bits per heavy atom. The minimum atomic E-state index is -3.78. The molecule has 2 fully saturated rings. The Hall–Kier alpha value is -0.650. The lowest BCUT2D eigenvalue weighted by atomic mass is 9.61. The molecule has 0 aromatic heterocycles. The smallest absolute Gasteiger partial charge is 0.388 e. The maximum Gasteiger partial charge on any atom is 0.388 e. The van der Waals surface area contributed by atoms with Crippen LogP contribution in [-0.4, -0.2) is 22.6 Å². The molecule has 2 aliphatic rings. The van der Waals surface area contributed by atoms with Gasteiger partial charge in [-0.25, -0.2) is 4.79 Å². The van der Waals surface area contributed by atoms with Crippen LogP contribution in [0.5, 0.6) is 0 Å². The summed E-state index contributed by atoms with van der Waals surface area (Å²) >= 11 is 2.98. The topological polar surface area (TPSA) is 43.4 Å². The van der Waals surface area contributed by atoms with Crippen LogP contribution in [0.25, 0.3) is 0 Å². The lowest BCUT2D eigenvalue weighted by Gasteiger charge is -2.48. The zero-order chi connectivity index (χ0) is 15.1. The number of halogens is 2. The van der Waals surface area contributed by atoms with Gasteiger partial charge in [-0.15, -0.1) is 0 Å². The summed E-state index contributed by atoms with van der Waals surface area (Å²) in [6.45, 7) is 3.86. The van der Waals surface area contributed by atoms with Crippen LogP contribution in [0, 0.1) is 17.8 Å². The molecule has 2 saturated carbocycles. The third-order valence-corrected chi connectivity index (χ3v) is 4.68. The Kier molecular flexibility index (Phi) is 4.15. The van der Waals surface area contributed by atoms with Crippen molar-refractivity contribution in [2.45, 2.75) is 56.8 Å². The maximum atomic E-state index is 13.0. The fourth-order valence-electron chi connectivity index (χ4n) is 3.81. The molecular weight excluding hydrogens is 286 g/mol. The second kappa shape index (κ2) is 5.28. The van der Waals surface area contributed by atoms with E-state index in [4.69, 9.17) is 4.74 Å². The molecule has 4 unspecified atom stereocenters. The number of fused-ring (bicyclic) bond motifs is 2. The van der Waals surface area contributed by atoms with Crippen molar-refractivity contribution in [2.75, 3.05) is 0 Å². The quantitative estimate of drug-likeness (QED) is 0.643. The van der Waals surface area contributed by atoms with E-state index in [-0.39, 0.29) is 23.5 Å². The predicted octanol–water partition coefficient (Wildman–Crippen LogP) is 3.23. The third-order valence-electron chi connectivity index (χ3n) is 4.50. The highest BCUT2D eigenvalue weighted by Gasteiger charge is 2.53. The zero-order valence-electron chi connectivity index (χ0n) is 11.7. The highest BCUT2D eigenvalue weighted by molar-refractivity contribution is 7.82. The van der Waals surface area contributed by atoms with E-state index >= 15 is 0 Å². The van der Waals surface area contributed by atoms with Crippen molar-refractivity contribution >= 4 is 24.4 Å². The van der Waals surface area contributed by atoms with Gasteiger partial charge in [0, 0.05) is 11.8 Å². The summed E-state index contributed by atoms with van der Waals surface area (Å²) in [7, 11) is 0. The van der Waals surface area contributed by atoms with E-state index in [1.807, 2.05) is 13.8 Å². The molecule has 0 spiro atoms. The van der Waals surface area contributed by atoms with Crippen molar-refractivity contribution in [1.82, 2.24) is 0 Å². The Balaban J connectivity index is 2.23. The van der Waals surface area contributed by atoms with Crippen molar-refractivity contribution in [1.29, 1.82) is 0 Å². The second-order valence-electron chi connectivity index (χ2n) is 6.27. The SMILES string of the molecule is CCC1CC2(OC(=O)C(F)(F)S)CC(C)CC(C2)C1=O. The van der Waals surface area contributed by atoms with Crippen molar-refractivity contribution < 1.29 is 23.1 Å². The molecule has 0 aromatic rings. The van der Waals surface area contributed by atoms with E-state index in [2.05, 4.69) is 12.6 Å². The number of ketones is 1. The van der Waals surface area contributed by atoms with E-state index in [0.29, 0.717) is 25.7 Å². The third kappa shape index (κ3) is 3.00. The number of Topliss-reactive ketones (excluding diaryl/α,β-unsaturated/α-hetero) is 1. The minimum absolute atomic E-state index is 0.168. The van der Waals surface area contributed by atoms with Gasteiger partial charge < -0.3 is 4.74 Å². The Bertz CT molecular complexity index is 421. The van der Waals surface area contributed by atoms with Gasteiger partial charge in [-0.2, -0.15) is 8.78 Å². The fourth-order valence-corrected chi connectivity index (χ4v) is 3.86. The van der Waals surface area contributed by atoms with Crippen molar-refractivity contribution in [3.8, 4) is 0 Å². The molecule has 20 heavy (non-hydrogen) atoms. The van der Waals surface area contributed by atoms with Crippen molar-refractivity contribution in [2.24, 2.45) is 17.8 Å². The van der Waals surface area contributed by atoms with E-state index < -0.39 is 16.8 Å².